The Kier molecular flexibility index (Phi) is 7.15. The molecule has 0 aliphatic rings. The number of hydrogen-bond donors (Lipinski definition) is 1. The van der Waals surface area contributed by atoms with Crippen LogP contribution in [0.15, 0.2) is 90.3 Å². The van der Waals surface area contributed by atoms with Gasteiger partial charge in [-0.25, -0.2) is 8.42 Å². The highest BCUT2D eigenvalue weighted by Crippen LogP contribution is 2.25. The molecule has 3 aromatic carbocycles. The Labute approximate surface area is 190 Å². The van der Waals surface area contributed by atoms with Gasteiger partial charge in [-0.1, -0.05) is 48.0 Å². The van der Waals surface area contributed by atoms with E-state index >= 15 is 0 Å². The van der Waals surface area contributed by atoms with Gasteiger partial charge in [0.1, 0.15) is 0 Å². The minimum Gasteiger partial charge on any atom is -0.346 e. The lowest BCUT2D eigenvalue weighted by molar-refractivity contribution is 0.0940. The summed E-state index contributed by atoms with van der Waals surface area (Å²) in [5.74, 6) is -0.217. The third kappa shape index (κ3) is 5.08. The lowest BCUT2D eigenvalue weighted by Crippen LogP contribution is -2.31. The fourth-order valence-electron chi connectivity index (χ4n) is 3.54. The molecule has 0 bridgehead atoms. The molecule has 5 nitrogen and oxygen atoms in total. The van der Waals surface area contributed by atoms with Gasteiger partial charge in [0.05, 0.1) is 23.2 Å². The lowest BCUT2D eigenvalue weighted by Gasteiger charge is -2.23. The number of anilines is 1. The van der Waals surface area contributed by atoms with Crippen molar-refractivity contribution in [1.29, 1.82) is 0 Å². The first-order chi connectivity index (χ1) is 15.2. The summed E-state index contributed by atoms with van der Waals surface area (Å²) in [4.78, 5) is 13.0. The largest absolute Gasteiger partial charge is 0.346 e. The zero-order valence-electron chi connectivity index (χ0n) is 18.6. The first-order valence-electron chi connectivity index (χ1n) is 10.4. The topological polar surface area (TPSA) is 66.5 Å². The minimum absolute atomic E-state index is 0.117. The van der Waals surface area contributed by atoms with Crippen LogP contribution in [0, 0.1) is 13.8 Å². The Hall–Kier alpha value is -3.38. The second-order valence-electron chi connectivity index (χ2n) is 7.74. The monoisotopic (exact) mass is 448 g/mol. The Morgan fingerprint density at radius 3 is 2.31 bits per heavy atom. The Morgan fingerprint density at radius 2 is 1.69 bits per heavy atom. The van der Waals surface area contributed by atoms with Gasteiger partial charge < -0.3 is 5.32 Å². The summed E-state index contributed by atoms with van der Waals surface area (Å²) in [6.07, 6.45) is 1.53. The highest BCUT2D eigenvalue weighted by Gasteiger charge is 2.24. The van der Waals surface area contributed by atoms with Crippen molar-refractivity contribution >= 4 is 21.6 Å². The SMILES string of the molecule is C=CCN(c1ccc(C(=O)NC(C)c2cc(C)ccc2C)cc1)S(=O)(=O)c1ccccc1. The van der Waals surface area contributed by atoms with E-state index < -0.39 is 10.0 Å². The normalized spacial score (nSPS) is 12.1. The maximum absolute atomic E-state index is 13.1. The summed E-state index contributed by atoms with van der Waals surface area (Å²) < 4.78 is 27.5. The van der Waals surface area contributed by atoms with Crippen molar-refractivity contribution < 1.29 is 13.2 Å². The zero-order valence-corrected chi connectivity index (χ0v) is 19.4. The Balaban J connectivity index is 1.81. The summed E-state index contributed by atoms with van der Waals surface area (Å²) in [6, 6.07) is 20.8. The van der Waals surface area contributed by atoms with Gasteiger partial charge in [0.2, 0.25) is 0 Å². The van der Waals surface area contributed by atoms with Crippen LogP contribution in [-0.2, 0) is 10.0 Å². The number of aryl methyl sites for hydroxylation is 2. The molecular weight excluding hydrogens is 420 g/mol. The van der Waals surface area contributed by atoms with Crippen molar-refractivity contribution in [3.63, 3.8) is 0 Å². The van der Waals surface area contributed by atoms with Crippen LogP contribution in [0.2, 0.25) is 0 Å². The molecule has 3 aromatic rings. The number of nitrogens with one attached hydrogen (secondary N) is 1. The van der Waals surface area contributed by atoms with Gasteiger partial charge in [-0.2, -0.15) is 0 Å². The number of amides is 1. The van der Waals surface area contributed by atoms with E-state index in [1.807, 2.05) is 32.9 Å². The zero-order chi connectivity index (χ0) is 23.3. The molecule has 3 rings (SSSR count). The number of sulfonamides is 1. The highest BCUT2D eigenvalue weighted by molar-refractivity contribution is 7.92. The summed E-state index contributed by atoms with van der Waals surface area (Å²) in [5, 5.41) is 3.02. The van der Waals surface area contributed by atoms with Gasteiger partial charge in [0, 0.05) is 5.56 Å². The standard InChI is InChI=1S/C26H28N2O3S/c1-5-17-28(32(30,31)24-9-7-6-8-10-24)23-15-13-22(14-16-23)26(29)27-21(4)25-18-19(2)11-12-20(25)3/h5-16,18,21H,1,17H2,2-4H3,(H,27,29). The van der Waals surface area contributed by atoms with Crippen molar-refractivity contribution in [2.45, 2.75) is 31.7 Å². The molecule has 0 saturated carbocycles. The second kappa shape index (κ2) is 9.83. The molecule has 1 unspecified atom stereocenters. The van der Waals surface area contributed by atoms with Crippen molar-refractivity contribution in [2.75, 3.05) is 10.8 Å². The van der Waals surface area contributed by atoms with Crippen LogP contribution in [-0.4, -0.2) is 20.9 Å². The molecule has 0 spiro atoms. The molecule has 0 radical (unpaired) electrons. The molecule has 32 heavy (non-hydrogen) atoms. The average Bonchev–Trinajstić information content (AvgIpc) is 2.79. The van der Waals surface area contributed by atoms with Crippen LogP contribution < -0.4 is 9.62 Å². The molecule has 1 amide bonds. The summed E-state index contributed by atoms with van der Waals surface area (Å²) in [6.45, 7) is 9.80. The lowest BCUT2D eigenvalue weighted by atomic mass is 9.99. The van der Waals surface area contributed by atoms with E-state index in [9.17, 15) is 13.2 Å². The molecule has 1 atom stereocenters. The van der Waals surface area contributed by atoms with Crippen LogP contribution in [0.4, 0.5) is 5.69 Å². The number of rotatable bonds is 8. The van der Waals surface area contributed by atoms with E-state index in [4.69, 9.17) is 0 Å². The van der Waals surface area contributed by atoms with Gasteiger partial charge in [-0.15, -0.1) is 6.58 Å². The Bertz CT molecular complexity index is 1200. The Morgan fingerprint density at radius 1 is 1.03 bits per heavy atom. The summed E-state index contributed by atoms with van der Waals surface area (Å²) in [5.41, 5.74) is 4.25. The van der Waals surface area contributed by atoms with Crippen LogP contribution in [0.5, 0.6) is 0 Å². The molecule has 0 aromatic heterocycles. The molecule has 0 saturated heterocycles. The van der Waals surface area contributed by atoms with Crippen molar-refractivity contribution in [3.8, 4) is 0 Å². The maximum atomic E-state index is 13.1. The first kappa shape index (κ1) is 23.3. The summed E-state index contributed by atoms with van der Waals surface area (Å²) in [7, 11) is -3.75. The average molecular weight is 449 g/mol. The summed E-state index contributed by atoms with van der Waals surface area (Å²) >= 11 is 0. The van der Waals surface area contributed by atoms with Gasteiger partial charge in [0.25, 0.3) is 15.9 Å². The van der Waals surface area contributed by atoms with Gasteiger partial charge in [0.15, 0.2) is 0 Å². The highest BCUT2D eigenvalue weighted by atomic mass is 32.2. The molecule has 0 aliphatic carbocycles. The maximum Gasteiger partial charge on any atom is 0.264 e. The molecule has 1 N–H and O–H groups in total. The van der Waals surface area contributed by atoms with E-state index in [1.54, 1.807) is 54.6 Å². The van der Waals surface area contributed by atoms with Gasteiger partial charge >= 0.3 is 0 Å². The number of nitrogens with zero attached hydrogens (tertiary/aromatic N) is 1. The van der Waals surface area contributed by atoms with Crippen LogP contribution in [0.25, 0.3) is 0 Å². The van der Waals surface area contributed by atoms with Crippen molar-refractivity contribution in [1.82, 2.24) is 5.32 Å². The molecule has 6 heteroatoms. The number of carbonyl (C=O) groups excluding carboxylic acids is 1. The predicted octanol–water partition coefficient (Wildman–Crippen LogP) is 5.18. The third-order valence-corrected chi connectivity index (χ3v) is 7.10. The van der Waals surface area contributed by atoms with E-state index in [0.717, 1.165) is 16.7 Å². The predicted molar refractivity (Wildman–Crippen MR) is 129 cm³/mol. The molecular formula is C26H28N2O3S. The van der Waals surface area contributed by atoms with Gasteiger partial charge in [-0.05, 0) is 68.3 Å². The number of hydrogen-bond acceptors (Lipinski definition) is 3. The minimum atomic E-state index is -3.75. The molecule has 0 fully saturated rings. The quantitative estimate of drug-likeness (QED) is 0.483. The fourth-order valence-corrected chi connectivity index (χ4v) is 5.00. The number of benzene rings is 3. The fraction of sp³-hybridized carbons (Fsp3) is 0.192. The van der Waals surface area contributed by atoms with Crippen LogP contribution in [0.3, 0.4) is 0 Å². The van der Waals surface area contributed by atoms with E-state index in [1.165, 1.54) is 10.4 Å². The van der Waals surface area contributed by atoms with Crippen molar-refractivity contribution in [3.05, 3.63) is 108 Å². The number of carbonyl (C=O) groups is 1. The molecule has 0 heterocycles. The molecule has 0 aliphatic heterocycles. The van der Waals surface area contributed by atoms with Gasteiger partial charge in [-0.3, -0.25) is 9.10 Å². The first-order valence-corrected chi connectivity index (χ1v) is 11.8. The van der Waals surface area contributed by atoms with E-state index in [-0.39, 0.29) is 23.4 Å². The van der Waals surface area contributed by atoms with E-state index in [0.29, 0.717) is 11.3 Å². The molecule has 166 valence electrons. The van der Waals surface area contributed by atoms with E-state index in [2.05, 4.69) is 18.0 Å². The van der Waals surface area contributed by atoms with Crippen LogP contribution >= 0.6 is 0 Å². The van der Waals surface area contributed by atoms with Crippen molar-refractivity contribution in [2.24, 2.45) is 0 Å². The smallest absolute Gasteiger partial charge is 0.264 e. The van der Waals surface area contributed by atoms with Crippen LogP contribution in [0.1, 0.15) is 40.0 Å². The second-order valence-corrected chi connectivity index (χ2v) is 9.60. The third-order valence-electron chi connectivity index (χ3n) is 5.29.